The van der Waals surface area contributed by atoms with Crippen LogP contribution in [0.4, 0.5) is 5.69 Å². The molecule has 0 saturated carbocycles. The number of rotatable bonds is 5. The molecule has 1 unspecified atom stereocenters. The van der Waals surface area contributed by atoms with Crippen LogP contribution < -0.4 is 16.0 Å². The van der Waals surface area contributed by atoms with E-state index in [1.54, 1.807) is 29.2 Å². The summed E-state index contributed by atoms with van der Waals surface area (Å²) in [5, 5.41) is 3.66. The molecule has 2 aromatic rings. The average Bonchev–Trinajstić information content (AvgIpc) is 2.81. The Morgan fingerprint density at radius 1 is 1.23 bits per heavy atom. The van der Waals surface area contributed by atoms with Crippen LogP contribution in [0.25, 0.3) is 0 Å². The van der Waals surface area contributed by atoms with Gasteiger partial charge in [-0.05, 0) is 48.7 Å². The van der Waals surface area contributed by atoms with Gasteiger partial charge in [0.1, 0.15) is 0 Å². The number of hydrogen-bond acceptors (Lipinski definition) is 4. The minimum atomic E-state index is -0.599. The first kappa shape index (κ1) is 24.5. The van der Waals surface area contributed by atoms with E-state index in [-0.39, 0.29) is 30.3 Å². The number of nitrogens with zero attached hydrogens (tertiary/aromatic N) is 1. The summed E-state index contributed by atoms with van der Waals surface area (Å²) in [7, 11) is 0. The predicted octanol–water partition coefficient (Wildman–Crippen LogP) is 4.50. The molecule has 5 nitrogen and oxygen atoms in total. The molecular formula is C22H27Cl2N3O2S. The van der Waals surface area contributed by atoms with Gasteiger partial charge in [-0.2, -0.15) is 0 Å². The minimum Gasteiger partial charge on any atom is -0.349 e. The highest BCUT2D eigenvalue weighted by atomic mass is 35.5. The molecule has 3 N–H and O–H groups in total. The van der Waals surface area contributed by atoms with Crippen LogP contribution in [0.15, 0.2) is 47.4 Å². The zero-order chi connectivity index (χ0) is 21.1. The van der Waals surface area contributed by atoms with Gasteiger partial charge in [-0.25, -0.2) is 0 Å². The maximum atomic E-state index is 13.0. The summed E-state index contributed by atoms with van der Waals surface area (Å²) in [5.74, 6) is 0.529. The second-order valence-electron chi connectivity index (χ2n) is 7.66. The fraction of sp³-hybridized carbons (Fsp3) is 0.364. The van der Waals surface area contributed by atoms with Gasteiger partial charge in [0.05, 0.1) is 18.3 Å². The Kier molecular flexibility index (Phi) is 8.62. The van der Waals surface area contributed by atoms with E-state index < -0.39 is 6.04 Å². The lowest BCUT2D eigenvalue weighted by atomic mass is 10.1. The molecule has 1 heterocycles. The van der Waals surface area contributed by atoms with E-state index in [0.29, 0.717) is 34.5 Å². The van der Waals surface area contributed by atoms with Gasteiger partial charge < -0.3 is 16.0 Å². The van der Waals surface area contributed by atoms with Crippen molar-refractivity contribution >= 4 is 53.3 Å². The van der Waals surface area contributed by atoms with E-state index in [9.17, 15) is 9.59 Å². The number of nitrogens with one attached hydrogen (secondary N) is 1. The Hall–Kier alpha value is -1.73. The number of fused-ring (bicyclic) bond motifs is 1. The lowest BCUT2D eigenvalue weighted by molar-refractivity contribution is -0.119. The van der Waals surface area contributed by atoms with Gasteiger partial charge in [-0.15, -0.1) is 24.2 Å². The van der Waals surface area contributed by atoms with Crippen LogP contribution in [0.5, 0.6) is 0 Å². The van der Waals surface area contributed by atoms with Gasteiger partial charge >= 0.3 is 0 Å². The first-order valence-electron chi connectivity index (χ1n) is 9.65. The Bertz CT molecular complexity index is 906. The number of thioether (sulfide) groups is 1. The molecule has 0 radical (unpaired) electrons. The number of carbonyl (C=O) groups excluding carboxylic acids is 2. The molecule has 8 heteroatoms. The Morgan fingerprint density at radius 3 is 2.53 bits per heavy atom. The zero-order valence-electron chi connectivity index (χ0n) is 17.2. The van der Waals surface area contributed by atoms with Crippen LogP contribution in [-0.2, 0) is 11.3 Å². The molecule has 3 rings (SSSR count). The van der Waals surface area contributed by atoms with Crippen molar-refractivity contribution in [2.75, 3.05) is 10.7 Å². The van der Waals surface area contributed by atoms with E-state index >= 15 is 0 Å². The summed E-state index contributed by atoms with van der Waals surface area (Å²) in [6.07, 6.45) is 0. The Labute approximate surface area is 193 Å². The first-order valence-corrected chi connectivity index (χ1v) is 11.0. The summed E-state index contributed by atoms with van der Waals surface area (Å²) < 4.78 is 0. The van der Waals surface area contributed by atoms with Crippen LogP contribution in [0.1, 0.15) is 36.7 Å². The van der Waals surface area contributed by atoms with E-state index in [1.165, 1.54) is 11.8 Å². The molecule has 0 fully saturated rings. The highest BCUT2D eigenvalue weighted by molar-refractivity contribution is 7.99. The largest absolute Gasteiger partial charge is 0.349 e. The number of nitrogens with two attached hydrogens (primary N) is 1. The van der Waals surface area contributed by atoms with E-state index in [0.717, 1.165) is 10.5 Å². The van der Waals surface area contributed by atoms with Crippen molar-refractivity contribution in [1.29, 1.82) is 0 Å². The first-order chi connectivity index (χ1) is 13.8. The van der Waals surface area contributed by atoms with Crippen LogP contribution >= 0.6 is 35.8 Å². The second-order valence-corrected chi connectivity index (χ2v) is 9.16. The van der Waals surface area contributed by atoms with Crippen molar-refractivity contribution in [1.82, 2.24) is 5.32 Å². The lowest BCUT2D eigenvalue weighted by Crippen LogP contribution is -2.44. The molecule has 1 aliphatic rings. The monoisotopic (exact) mass is 467 g/mol. The third-order valence-corrected chi connectivity index (χ3v) is 6.56. The predicted molar refractivity (Wildman–Crippen MR) is 127 cm³/mol. The van der Waals surface area contributed by atoms with Crippen molar-refractivity contribution < 1.29 is 9.59 Å². The number of amides is 2. The molecule has 0 bridgehead atoms. The maximum absolute atomic E-state index is 13.0. The van der Waals surface area contributed by atoms with Gasteiger partial charge in [-0.3, -0.25) is 9.59 Å². The molecule has 2 aromatic carbocycles. The molecule has 2 amide bonds. The smallest absolute Gasteiger partial charge is 0.251 e. The van der Waals surface area contributed by atoms with Crippen molar-refractivity contribution in [3.63, 3.8) is 0 Å². The van der Waals surface area contributed by atoms with E-state index in [2.05, 4.69) is 19.2 Å². The van der Waals surface area contributed by atoms with Crippen molar-refractivity contribution in [3.8, 4) is 0 Å². The molecule has 0 spiro atoms. The van der Waals surface area contributed by atoms with Crippen LogP contribution in [0.2, 0.25) is 5.02 Å². The number of halogens is 2. The van der Waals surface area contributed by atoms with Crippen LogP contribution in [0.3, 0.4) is 0 Å². The van der Waals surface area contributed by atoms with Gasteiger partial charge in [0.15, 0.2) is 0 Å². The number of hydrogen-bond donors (Lipinski definition) is 2. The third kappa shape index (κ3) is 5.70. The molecule has 0 aliphatic carbocycles. The maximum Gasteiger partial charge on any atom is 0.251 e. The van der Waals surface area contributed by atoms with Crippen molar-refractivity contribution in [3.05, 3.63) is 58.6 Å². The molecule has 0 saturated heterocycles. The Balaban J connectivity index is 0.00000320. The fourth-order valence-electron chi connectivity index (χ4n) is 2.95. The Morgan fingerprint density at radius 2 is 1.90 bits per heavy atom. The second kappa shape index (κ2) is 10.5. The quantitative estimate of drug-likeness (QED) is 0.678. The van der Waals surface area contributed by atoms with Crippen LogP contribution in [0, 0.1) is 5.92 Å². The summed E-state index contributed by atoms with van der Waals surface area (Å²) in [6, 6.07) is 12.3. The van der Waals surface area contributed by atoms with Crippen molar-refractivity contribution in [2.24, 2.45) is 11.7 Å². The number of anilines is 1. The van der Waals surface area contributed by atoms with Gasteiger partial charge in [0.25, 0.3) is 5.91 Å². The highest BCUT2D eigenvalue weighted by Gasteiger charge is 2.29. The average molecular weight is 468 g/mol. The van der Waals surface area contributed by atoms with Gasteiger partial charge in [-0.1, -0.05) is 37.6 Å². The molecule has 30 heavy (non-hydrogen) atoms. The summed E-state index contributed by atoms with van der Waals surface area (Å²) in [6.45, 7) is 6.47. The molecule has 0 aromatic heterocycles. The summed E-state index contributed by atoms with van der Waals surface area (Å²) in [5.41, 5.74) is 8.30. The summed E-state index contributed by atoms with van der Waals surface area (Å²) >= 11 is 7.52. The van der Waals surface area contributed by atoms with Gasteiger partial charge in [0.2, 0.25) is 5.91 Å². The van der Waals surface area contributed by atoms with Gasteiger partial charge in [0, 0.05) is 27.3 Å². The topological polar surface area (TPSA) is 75.4 Å². The molecule has 162 valence electrons. The number of benzene rings is 2. The third-order valence-electron chi connectivity index (χ3n) is 5.13. The van der Waals surface area contributed by atoms with Crippen molar-refractivity contribution in [2.45, 2.75) is 44.3 Å². The molecule has 2 atom stereocenters. The highest BCUT2D eigenvalue weighted by Crippen LogP contribution is 2.36. The van der Waals surface area contributed by atoms with Crippen LogP contribution in [-0.4, -0.2) is 29.7 Å². The van der Waals surface area contributed by atoms with E-state index in [4.69, 9.17) is 17.3 Å². The fourth-order valence-corrected chi connectivity index (χ4v) is 4.06. The zero-order valence-corrected chi connectivity index (χ0v) is 19.6. The minimum absolute atomic E-state index is 0. The number of carbonyl (C=O) groups is 2. The molecule has 1 aliphatic heterocycles. The molecular weight excluding hydrogens is 441 g/mol. The summed E-state index contributed by atoms with van der Waals surface area (Å²) in [4.78, 5) is 28.3. The SMILES string of the molecule is CC(C)C(C)NC(=O)c1ccc2c(c1)N(Cc1ccc(Cl)cc1)C(=O)[C@@H](N)CS2.Cl. The lowest BCUT2D eigenvalue weighted by Gasteiger charge is -2.25. The van der Waals surface area contributed by atoms with E-state index in [1.807, 2.05) is 25.1 Å². The normalized spacial score (nSPS) is 17.1. The standard InChI is InChI=1S/C22H26ClN3O2S.ClH/c1-13(2)14(3)25-21(27)16-6-9-20-19(10-16)26(22(28)18(24)12-29-20)11-15-4-7-17(23)8-5-15;/h4-10,13-14,18H,11-12,24H2,1-3H3,(H,25,27);1H/t14?,18-;/m0./s1.